The summed E-state index contributed by atoms with van der Waals surface area (Å²) in [6, 6.07) is 2.30. The minimum Gasteiger partial charge on any atom is -0.362 e. The van der Waals surface area contributed by atoms with Crippen molar-refractivity contribution in [1.82, 2.24) is 10.3 Å². The summed E-state index contributed by atoms with van der Waals surface area (Å²) in [6.45, 7) is 6.65. The van der Waals surface area contributed by atoms with Crippen LogP contribution in [0.4, 0.5) is 0 Å². The molecule has 0 saturated carbocycles. The topological polar surface area (TPSA) is 27.8 Å². The van der Waals surface area contributed by atoms with E-state index in [-0.39, 0.29) is 0 Å². The summed E-state index contributed by atoms with van der Waals surface area (Å²) in [6.07, 6.45) is 2.65. The Bertz CT molecular complexity index is 282. The molecule has 0 aliphatic carbocycles. The van der Waals surface area contributed by atoms with E-state index in [1.165, 1.54) is 36.3 Å². The lowest BCUT2D eigenvalue weighted by Gasteiger charge is -2.22. The largest absolute Gasteiger partial charge is 0.362 e. The van der Waals surface area contributed by atoms with Gasteiger partial charge in [0.25, 0.3) is 0 Å². The number of H-pyrrole nitrogens is 1. The quantitative estimate of drug-likeness (QED) is 0.677. The van der Waals surface area contributed by atoms with E-state index in [2.05, 4.69) is 30.2 Å². The van der Waals surface area contributed by atoms with E-state index in [0.717, 1.165) is 12.5 Å². The number of aryl methyl sites for hydroxylation is 2. The standard InChI is InChI=1S/C11H18N2/c1-8-6-11(9(2)13-8)10-4-3-5-12-7-10/h6,10,12-13H,3-5,7H2,1-2H3. The highest BCUT2D eigenvalue weighted by molar-refractivity contribution is 5.28. The van der Waals surface area contributed by atoms with Gasteiger partial charge in [-0.25, -0.2) is 0 Å². The highest BCUT2D eigenvalue weighted by Crippen LogP contribution is 2.26. The first-order valence-corrected chi connectivity index (χ1v) is 5.14. The van der Waals surface area contributed by atoms with Gasteiger partial charge in [-0.1, -0.05) is 0 Å². The fourth-order valence-corrected chi connectivity index (χ4v) is 2.29. The molecule has 1 atom stereocenters. The van der Waals surface area contributed by atoms with Gasteiger partial charge in [-0.15, -0.1) is 0 Å². The molecule has 1 aromatic heterocycles. The fraction of sp³-hybridized carbons (Fsp3) is 0.636. The second-order valence-corrected chi connectivity index (χ2v) is 4.08. The number of piperidine rings is 1. The third-order valence-corrected chi connectivity index (χ3v) is 2.93. The van der Waals surface area contributed by atoms with Crippen molar-refractivity contribution in [3.05, 3.63) is 23.0 Å². The van der Waals surface area contributed by atoms with E-state index < -0.39 is 0 Å². The van der Waals surface area contributed by atoms with Crippen LogP contribution in [0.25, 0.3) is 0 Å². The first-order chi connectivity index (χ1) is 6.27. The van der Waals surface area contributed by atoms with Crippen molar-refractivity contribution in [2.45, 2.75) is 32.6 Å². The molecule has 2 N–H and O–H groups in total. The molecule has 1 aliphatic heterocycles. The van der Waals surface area contributed by atoms with Crippen LogP contribution < -0.4 is 5.32 Å². The molecule has 2 nitrogen and oxygen atoms in total. The molecular weight excluding hydrogens is 160 g/mol. The van der Waals surface area contributed by atoms with E-state index in [1.807, 2.05) is 0 Å². The average molecular weight is 178 g/mol. The Morgan fingerprint density at radius 2 is 2.23 bits per heavy atom. The summed E-state index contributed by atoms with van der Waals surface area (Å²) in [5.74, 6) is 0.735. The third kappa shape index (κ3) is 1.78. The van der Waals surface area contributed by atoms with Crippen LogP contribution in [-0.2, 0) is 0 Å². The summed E-state index contributed by atoms with van der Waals surface area (Å²) in [4.78, 5) is 3.38. The lowest BCUT2D eigenvalue weighted by molar-refractivity contribution is 0.460. The molecule has 1 aliphatic rings. The fourth-order valence-electron chi connectivity index (χ4n) is 2.29. The van der Waals surface area contributed by atoms with Gasteiger partial charge >= 0.3 is 0 Å². The highest BCUT2D eigenvalue weighted by Gasteiger charge is 2.17. The predicted octanol–water partition coefficient (Wildman–Crippen LogP) is 2.10. The molecule has 0 amide bonds. The predicted molar refractivity (Wildman–Crippen MR) is 55.1 cm³/mol. The molecule has 0 radical (unpaired) electrons. The number of aromatic amines is 1. The SMILES string of the molecule is Cc1cc(C2CCCNC2)c(C)[nH]1. The molecule has 2 rings (SSSR count). The Labute approximate surface area is 79.7 Å². The molecule has 1 fully saturated rings. The normalized spacial score (nSPS) is 23.4. The number of hydrogen-bond acceptors (Lipinski definition) is 1. The van der Waals surface area contributed by atoms with Crippen LogP contribution in [0.3, 0.4) is 0 Å². The Morgan fingerprint density at radius 3 is 2.77 bits per heavy atom. The Morgan fingerprint density at radius 1 is 1.38 bits per heavy atom. The molecule has 2 heterocycles. The van der Waals surface area contributed by atoms with Crippen LogP contribution in [0.1, 0.15) is 35.7 Å². The number of nitrogens with one attached hydrogen (secondary N) is 2. The summed E-state index contributed by atoms with van der Waals surface area (Å²) in [5, 5.41) is 3.46. The maximum absolute atomic E-state index is 3.46. The van der Waals surface area contributed by atoms with Crippen LogP contribution >= 0.6 is 0 Å². The molecule has 0 bridgehead atoms. The first-order valence-electron chi connectivity index (χ1n) is 5.14. The Kier molecular flexibility index (Phi) is 2.40. The van der Waals surface area contributed by atoms with Crippen LogP contribution in [0.15, 0.2) is 6.07 Å². The first kappa shape index (κ1) is 8.82. The molecule has 1 saturated heterocycles. The van der Waals surface area contributed by atoms with Crippen LogP contribution in [0, 0.1) is 13.8 Å². The zero-order chi connectivity index (χ0) is 9.26. The molecule has 1 unspecified atom stereocenters. The van der Waals surface area contributed by atoms with Gasteiger partial charge in [0.05, 0.1) is 0 Å². The number of rotatable bonds is 1. The summed E-state index contributed by atoms with van der Waals surface area (Å²) < 4.78 is 0. The van der Waals surface area contributed by atoms with Crippen molar-refractivity contribution < 1.29 is 0 Å². The minimum atomic E-state index is 0.735. The van der Waals surface area contributed by atoms with E-state index in [1.54, 1.807) is 0 Å². The summed E-state index contributed by atoms with van der Waals surface area (Å²) in [7, 11) is 0. The van der Waals surface area contributed by atoms with Crippen molar-refractivity contribution >= 4 is 0 Å². The second kappa shape index (κ2) is 3.54. The van der Waals surface area contributed by atoms with Gasteiger partial charge < -0.3 is 10.3 Å². The Hall–Kier alpha value is -0.760. The summed E-state index contributed by atoms with van der Waals surface area (Å²) >= 11 is 0. The third-order valence-electron chi connectivity index (χ3n) is 2.93. The van der Waals surface area contributed by atoms with Gasteiger partial charge in [0.1, 0.15) is 0 Å². The molecular formula is C11H18N2. The second-order valence-electron chi connectivity index (χ2n) is 4.08. The number of hydrogen-bond donors (Lipinski definition) is 2. The van der Waals surface area contributed by atoms with Crippen LogP contribution in [-0.4, -0.2) is 18.1 Å². The van der Waals surface area contributed by atoms with Crippen molar-refractivity contribution in [2.24, 2.45) is 0 Å². The molecule has 1 aromatic rings. The van der Waals surface area contributed by atoms with Crippen molar-refractivity contribution in [3.8, 4) is 0 Å². The van der Waals surface area contributed by atoms with Gasteiger partial charge in [-0.3, -0.25) is 0 Å². The number of aromatic nitrogens is 1. The molecule has 72 valence electrons. The average Bonchev–Trinajstić information content (AvgIpc) is 2.47. The monoisotopic (exact) mass is 178 g/mol. The van der Waals surface area contributed by atoms with Gasteiger partial charge in [0.15, 0.2) is 0 Å². The van der Waals surface area contributed by atoms with Crippen LogP contribution in [0.2, 0.25) is 0 Å². The van der Waals surface area contributed by atoms with Crippen LogP contribution in [0.5, 0.6) is 0 Å². The Balaban J connectivity index is 2.18. The maximum atomic E-state index is 3.46. The van der Waals surface area contributed by atoms with Crippen molar-refractivity contribution in [1.29, 1.82) is 0 Å². The van der Waals surface area contributed by atoms with Gasteiger partial charge in [-0.05, 0) is 50.8 Å². The minimum absolute atomic E-state index is 0.735. The summed E-state index contributed by atoms with van der Waals surface area (Å²) in [5.41, 5.74) is 4.16. The zero-order valence-corrected chi connectivity index (χ0v) is 8.48. The van der Waals surface area contributed by atoms with Gasteiger partial charge in [0, 0.05) is 17.9 Å². The van der Waals surface area contributed by atoms with Crippen molar-refractivity contribution in [2.75, 3.05) is 13.1 Å². The van der Waals surface area contributed by atoms with E-state index in [0.29, 0.717) is 0 Å². The van der Waals surface area contributed by atoms with E-state index in [4.69, 9.17) is 0 Å². The maximum Gasteiger partial charge on any atom is 0.0153 e. The lowest BCUT2D eigenvalue weighted by atomic mass is 9.92. The van der Waals surface area contributed by atoms with E-state index in [9.17, 15) is 0 Å². The molecule has 2 heteroatoms. The molecule has 0 aromatic carbocycles. The lowest BCUT2D eigenvalue weighted by Crippen LogP contribution is -2.28. The highest BCUT2D eigenvalue weighted by atomic mass is 14.9. The molecule has 0 spiro atoms. The van der Waals surface area contributed by atoms with Gasteiger partial charge in [0.2, 0.25) is 0 Å². The van der Waals surface area contributed by atoms with Gasteiger partial charge in [-0.2, -0.15) is 0 Å². The zero-order valence-electron chi connectivity index (χ0n) is 8.48. The molecule has 13 heavy (non-hydrogen) atoms. The van der Waals surface area contributed by atoms with E-state index >= 15 is 0 Å². The smallest absolute Gasteiger partial charge is 0.0153 e. The van der Waals surface area contributed by atoms with Crippen molar-refractivity contribution in [3.63, 3.8) is 0 Å².